The van der Waals surface area contributed by atoms with Crippen molar-refractivity contribution in [3.8, 4) is 0 Å². The van der Waals surface area contributed by atoms with Gasteiger partial charge in [-0.3, -0.25) is 19.3 Å². The number of amides is 2. The maximum Gasteiger partial charge on any atom is 0.490 e. The fraction of sp³-hybridized carbons (Fsp3) is 0.480. The minimum atomic E-state index is -5.19. The second kappa shape index (κ2) is 11.9. The van der Waals surface area contributed by atoms with Gasteiger partial charge in [-0.05, 0) is 51.2 Å². The molecule has 1 unspecified atom stereocenters. The van der Waals surface area contributed by atoms with Crippen LogP contribution in [0.25, 0.3) is 0 Å². The van der Waals surface area contributed by atoms with Crippen molar-refractivity contribution < 1.29 is 36.7 Å². The van der Waals surface area contributed by atoms with E-state index in [-0.39, 0.29) is 43.7 Å². The minimum absolute atomic E-state index is 0.0685. The highest BCUT2D eigenvalue weighted by atomic mass is 19.4. The number of rotatable bonds is 7. The van der Waals surface area contributed by atoms with Gasteiger partial charge < -0.3 is 14.5 Å². The summed E-state index contributed by atoms with van der Waals surface area (Å²) in [6.07, 6.45) is -6.85. The Hall–Kier alpha value is -3.81. The molecular weight excluding hydrogens is 526 g/mol. The molecule has 0 radical (unpaired) electrons. The smallest absolute Gasteiger partial charge is 0.439 e. The third-order valence-electron chi connectivity index (χ3n) is 6.58. The Labute approximate surface area is 221 Å². The molecule has 212 valence electrons. The van der Waals surface area contributed by atoms with Crippen molar-refractivity contribution in [2.45, 2.75) is 39.1 Å². The molecule has 2 heterocycles. The van der Waals surface area contributed by atoms with Crippen molar-refractivity contribution in [2.75, 3.05) is 40.3 Å². The van der Waals surface area contributed by atoms with E-state index >= 15 is 0 Å². The Morgan fingerprint density at radius 2 is 1.69 bits per heavy atom. The minimum Gasteiger partial charge on any atom is -0.439 e. The predicted octanol–water partition coefficient (Wildman–Crippen LogP) is 1.78. The van der Waals surface area contributed by atoms with Gasteiger partial charge in [0.15, 0.2) is 6.23 Å². The van der Waals surface area contributed by atoms with E-state index in [1.54, 1.807) is 13.8 Å². The molecule has 1 atom stereocenters. The number of H-pyrrole nitrogens is 1. The molecule has 1 aliphatic heterocycles. The molecule has 2 aromatic rings. The first-order valence-electron chi connectivity index (χ1n) is 12.0. The van der Waals surface area contributed by atoms with Gasteiger partial charge in [0.1, 0.15) is 5.82 Å². The van der Waals surface area contributed by atoms with Crippen LogP contribution in [0.2, 0.25) is 0 Å². The number of carbonyl (C=O) groups is 3. The molecule has 1 fully saturated rings. The molecule has 1 aromatic carbocycles. The van der Waals surface area contributed by atoms with Gasteiger partial charge in [0.2, 0.25) is 5.91 Å². The number of alkyl halides is 3. The van der Waals surface area contributed by atoms with Crippen molar-refractivity contribution in [2.24, 2.45) is 0 Å². The van der Waals surface area contributed by atoms with Crippen LogP contribution in [-0.2, 0) is 20.7 Å². The van der Waals surface area contributed by atoms with Gasteiger partial charge in [-0.25, -0.2) is 14.3 Å². The van der Waals surface area contributed by atoms with Crippen LogP contribution in [0, 0.1) is 19.7 Å². The summed E-state index contributed by atoms with van der Waals surface area (Å²) in [4.78, 5) is 52.6. The summed E-state index contributed by atoms with van der Waals surface area (Å²) in [5.74, 6) is -4.24. The average molecular weight is 556 g/mol. The van der Waals surface area contributed by atoms with Crippen molar-refractivity contribution in [3.63, 3.8) is 0 Å². The van der Waals surface area contributed by atoms with E-state index in [2.05, 4.69) is 14.9 Å². The van der Waals surface area contributed by atoms with Crippen LogP contribution >= 0.6 is 0 Å². The highest BCUT2D eigenvalue weighted by molar-refractivity contribution is 5.95. The number of esters is 1. The Bertz CT molecular complexity index is 1300. The summed E-state index contributed by atoms with van der Waals surface area (Å²) in [5.41, 5.74) is 1.95. The van der Waals surface area contributed by atoms with Crippen molar-refractivity contribution in [1.29, 1.82) is 0 Å². The monoisotopic (exact) mass is 555 g/mol. The second-order valence-electron chi connectivity index (χ2n) is 9.44. The lowest BCUT2D eigenvalue weighted by molar-refractivity contribution is -0.212. The van der Waals surface area contributed by atoms with Crippen molar-refractivity contribution in [1.82, 2.24) is 24.9 Å². The lowest BCUT2D eigenvalue weighted by Crippen LogP contribution is -2.52. The van der Waals surface area contributed by atoms with Gasteiger partial charge in [-0.1, -0.05) is 6.07 Å². The van der Waals surface area contributed by atoms with E-state index in [1.165, 1.54) is 47.0 Å². The van der Waals surface area contributed by atoms with Crippen LogP contribution in [0.15, 0.2) is 23.0 Å². The van der Waals surface area contributed by atoms with Crippen LogP contribution in [0.4, 0.5) is 17.6 Å². The standard InChI is InChI=1S/C25H29F4N5O5/c1-14-15(2)22(36)31-30-19(14)12-16-5-6-18(26)17(11-16)23(37)34-9-7-33(8-10-34)20(35)13-21(32(3)4)39-24(38)25(27,28)29/h5-6,11,21H,7-10,12-13H2,1-4H3,(H,31,36). The predicted molar refractivity (Wildman–Crippen MR) is 130 cm³/mol. The molecule has 14 heteroatoms. The summed E-state index contributed by atoms with van der Waals surface area (Å²) in [7, 11) is 2.74. The lowest BCUT2D eigenvalue weighted by Gasteiger charge is -2.36. The Morgan fingerprint density at radius 1 is 1.08 bits per heavy atom. The van der Waals surface area contributed by atoms with Crippen LogP contribution in [0.3, 0.4) is 0 Å². The van der Waals surface area contributed by atoms with Gasteiger partial charge in [-0.2, -0.15) is 18.3 Å². The van der Waals surface area contributed by atoms with Crippen LogP contribution in [-0.4, -0.2) is 95.4 Å². The zero-order valence-electron chi connectivity index (χ0n) is 21.9. The number of piperazine rings is 1. The number of hydrogen-bond donors (Lipinski definition) is 1. The highest BCUT2D eigenvalue weighted by Crippen LogP contribution is 2.21. The topological polar surface area (TPSA) is 116 Å². The van der Waals surface area contributed by atoms with Crippen molar-refractivity contribution >= 4 is 17.8 Å². The number of nitrogens with zero attached hydrogens (tertiary/aromatic N) is 4. The molecule has 1 aromatic heterocycles. The molecule has 10 nitrogen and oxygen atoms in total. The Kier molecular flexibility index (Phi) is 9.10. The molecule has 3 rings (SSSR count). The zero-order chi connectivity index (χ0) is 29.1. The number of aromatic nitrogens is 2. The first kappa shape index (κ1) is 29.7. The molecule has 0 spiro atoms. The van der Waals surface area contributed by atoms with E-state index in [0.29, 0.717) is 22.4 Å². The lowest BCUT2D eigenvalue weighted by atomic mass is 10.0. The number of aromatic amines is 1. The summed E-state index contributed by atoms with van der Waals surface area (Å²) >= 11 is 0. The van der Waals surface area contributed by atoms with E-state index in [0.717, 1.165) is 0 Å². The third kappa shape index (κ3) is 7.19. The summed E-state index contributed by atoms with van der Waals surface area (Å²) in [5, 5.41) is 6.47. The number of nitrogens with one attached hydrogen (secondary N) is 1. The first-order chi connectivity index (χ1) is 18.2. The van der Waals surface area contributed by atoms with Crippen LogP contribution in [0.1, 0.15) is 39.2 Å². The fourth-order valence-electron chi connectivity index (χ4n) is 4.01. The van der Waals surface area contributed by atoms with E-state index in [1.807, 2.05) is 0 Å². The number of carbonyl (C=O) groups excluding carboxylic acids is 3. The third-order valence-corrected chi connectivity index (χ3v) is 6.58. The van der Waals surface area contributed by atoms with Crippen LogP contribution in [0.5, 0.6) is 0 Å². The van der Waals surface area contributed by atoms with E-state index in [4.69, 9.17) is 0 Å². The van der Waals surface area contributed by atoms with Crippen LogP contribution < -0.4 is 5.56 Å². The summed E-state index contributed by atoms with van der Waals surface area (Å²) in [6, 6.07) is 4.13. The molecule has 1 N–H and O–H groups in total. The largest absolute Gasteiger partial charge is 0.490 e. The molecule has 1 saturated heterocycles. The molecule has 0 aliphatic carbocycles. The number of halogens is 4. The number of benzene rings is 1. The Morgan fingerprint density at radius 3 is 2.28 bits per heavy atom. The van der Waals surface area contributed by atoms with Gasteiger partial charge in [0, 0.05) is 38.2 Å². The fourth-order valence-corrected chi connectivity index (χ4v) is 4.01. The summed E-state index contributed by atoms with van der Waals surface area (Å²) < 4.78 is 56.7. The average Bonchev–Trinajstić information content (AvgIpc) is 2.88. The SMILES string of the molecule is Cc1c(Cc2ccc(F)c(C(=O)N3CCN(C(=O)CC(OC(=O)C(F)(F)F)N(C)C)CC3)c2)n[nH]c(=O)c1C. The maximum atomic E-state index is 14.6. The van der Waals surface area contributed by atoms with Gasteiger partial charge in [0.05, 0.1) is 17.7 Å². The van der Waals surface area contributed by atoms with E-state index in [9.17, 15) is 36.7 Å². The zero-order valence-corrected chi connectivity index (χ0v) is 21.9. The number of hydrogen-bond acceptors (Lipinski definition) is 7. The molecule has 0 bridgehead atoms. The number of ether oxygens (including phenoxy) is 1. The molecular formula is C25H29F4N5O5. The van der Waals surface area contributed by atoms with E-state index < -0.39 is 42.4 Å². The second-order valence-corrected chi connectivity index (χ2v) is 9.44. The molecule has 0 saturated carbocycles. The highest BCUT2D eigenvalue weighted by Gasteiger charge is 2.43. The molecule has 1 aliphatic rings. The maximum absolute atomic E-state index is 14.6. The van der Waals surface area contributed by atoms with Gasteiger partial charge in [0.25, 0.3) is 11.5 Å². The van der Waals surface area contributed by atoms with Gasteiger partial charge >= 0.3 is 12.1 Å². The quantitative estimate of drug-likeness (QED) is 0.315. The molecule has 2 amide bonds. The Balaban J connectivity index is 1.64. The van der Waals surface area contributed by atoms with Gasteiger partial charge in [-0.15, -0.1) is 0 Å². The normalized spacial score (nSPS) is 14.9. The first-order valence-corrected chi connectivity index (χ1v) is 12.0. The summed E-state index contributed by atoms with van der Waals surface area (Å²) in [6.45, 7) is 3.70. The van der Waals surface area contributed by atoms with Crippen molar-refractivity contribution in [3.05, 3.63) is 62.3 Å². The molecule has 39 heavy (non-hydrogen) atoms.